The lowest BCUT2D eigenvalue weighted by Crippen LogP contribution is -1.96. The van der Waals surface area contributed by atoms with Crippen molar-refractivity contribution in [3.63, 3.8) is 0 Å². The van der Waals surface area contributed by atoms with Gasteiger partial charge in [0.15, 0.2) is 0 Å². The molecule has 0 amide bonds. The van der Waals surface area contributed by atoms with Gasteiger partial charge < -0.3 is 9.72 Å². The minimum atomic E-state index is -0.285. The third-order valence-electron chi connectivity index (χ3n) is 6.59. The average molecular weight is 513 g/mol. The highest BCUT2D eigenvalue weighted by atomic mass is 19.1. The number of halogens is 1. The Morgan fingerprint density at radius 2 is 1.77 bits per heavy atom. The second kappa shape index (κ2) is 9.50. The second-order valence-electron chi connectivity index (χ2n) is 9.16. The van der Waals surface area contributed by atoms with E-state index in [0.29, 0.717) is 29.2 Å². The summed E-state index contributed by atoms with van der Waals surface area (Å²) in [7, 11) is 0. The molecule has 0 saturated heterocycles. The Kier molecular flexibility index (Phi) is 5.55. The molecule has 0 saturated carbocycles. The zero-order valence-corrected chi connectivity index (χ0v) is 20.6. The highest BCUT2D eigenvalue weighted by Crippen LogP contribution is 2.33. The molecule has 5 aromatic heterocycles. The van der Waals surface area contributed by atoms with E-state index in [1.54, 1.807) is 24.7 Å². The number of rotatable bonds is 6. The molecule has 7 rings (SSSR count). The number of nitrogens with one attached hydrogen (secondary N) is 2. The van der Waals surface area contributed by atoms with Gasteiger partial charge in [0, 0.05) is 23.3 Å². The number of ether oxygens (including phenoxy) is 1. The largest absolute Gasteiger partial charge is 0.487 e. The van der Waals surface area contributed by atoms with Gasteiger partial charge in [0.2, 0.25) is 0 Å². The van der Waals surface area contributed by atoms with E-state index in [2.05, 4.69) is 25.1 Å². The van der Waals surface area contributed by atoms with Crippen LogP contribution in [0, 0.1) is 5.82 Å². The Bertz CT molecular complexity index is 1950. The molecule has 7 nitrogen and oxygen atoms in total. The molecule has 0 unspecified atom stereocenters. The van der Waals surface area contributed by atoms with Gasteiger partial charge in [0.05, 0.1) is 23.1 Å². The van der Waals surface area contributed by atoms with Crippen LogP contribution in [0.15, 0.2) is 104 Å². The van der Waals surface area contributed by atoms with Gasteiger partial charge in [-0.05, 0) is 59.2 Å². The molecule has 39 heavy (non-hydrogen) atoms. The molecule has 0 aliphatic rings. The number of hydrogen-bond acceptors (Lipinski definition) is 5. The van der Waals surface area contributed by atoms with Crippen molar-refractivity contribution in [3.8, 4) is 39.5 Å². The van der Waals surface area contributed by atoms with Crippen LogP contribution < -0.4 is 4.74 Å². The quantitative estimate of drug-likeness (QED) is 0.252. The zero-order chi connectivity index (χ0) is 26.2. The number of fused-ring (bicyclic) bond motifs is 2. The lowest BCUT2D eigenvalue weighted by atomic mass is 10.0. The summed E-state index contributed by atoms with van der Waals surface area (Å²) in [5.74, 6) is 0.379. The number of nitrogens with zero attached hydrogens (tertiary/aromatic N) is 4. The fourth-order valence-electron chi connectivity index (χ4n) is 4.69. The van der Waals surface area contributed by atoms with Crippen LogP contribution >= 0.6 is 0 Å². The molecule has 0 spiro atoms. The molecular weight excluding hydrogens is 491 g/mol. The molecule has 0 radical (unpaired) electrons. The maximum absolute atomic E-state index is 13.9. The number of pyridine rings is 3. The van der Waals surface area contributed by atoms with Crippen LogP contribution in [0.5, 0.6) is 5.75 Å². The van der Waals surface area contributed by atoms with E-state index in [4.69, 9.17) is 9.72 Å². The highest BCUT2D eigenvalue weighted by molar-refractivity contribution is 5.99. The Balaban J connectivity index is 1.24. The van der Waals surface area contributed by atoms with E-state index in [1.807, 2.05) is 66.7 Å². The van der Waals surface area contributed by atoms with Crippen molar-refractivity contribution in [2.45, 2.75) is 6.61 Å². The molecule has 0 aliphatic heterocycles. The maximum atomic E-state index is 13.9. The van der Waals surface area contributed by atoms with Crippen LogP contribution in [0.25, 0.3) is 55.8 Å². The van der Waals surface area contributed by atoms with Crippen molar-refractivity contribution in [1.29, 1.82) is 0 Å². The van der Waals surface area contributed by atoms with Crippen molar-refractivity contribution in [2.24, 2.45) is 0 Å². The lowest BCUT2D eigenvalue weighted by Gasteiger charge is -2.08. The van der Waals surface area contributed by atoms with Gasteiger partial charge in [-0.15, -0.1) is 0 Å². The predicted octanol–water partition coefficient (Wildman–Crippen LogP) is 6.95. The van der Waals surface area contributed by atoms with Gasteiger partial charge in [-0.3, -0.25) is 10.1 Å². The van der Waals surface area contributed by atoms with Crippen molar-refractivity contribution in [1.82, 2.24) is 30.1 Å². The van der Waals surface area contributed by atoms with Gasteiger partial charge in [0.25, 0.3) is 0 Å². The Morgan fingerprint density at radius 3 is 2.67 bits per heavy atom. The van der Waals surface area contributed by atoms with E-state index < -0.39 is 0 Å². The first kappa shape index (κ1) is 22.8. The molecule has 2 aromatic carbocycles. The standard InChI is InChI=1S/C31H21FN6O/c32-22-8-4-7-20(13-22)24-11-12-34-31-25(24)15-28(36-31)30-29-27(37-38-30)10-9-26(35-29)21-14-23(17-33-16-21)39-18-19-5-2-1-3-6-19/h1-17H,18H2,(H,34,36)(H,37,38). The summed E-state index contributed by atoms with van der Waals surface area (Å²) < 4.78 is 19.9. The highest BCUT2D eigenvalue weighted by Gasteiger charge is 2.16. The first-order chi connectivity index (χ1) is 19.2. The van der Waals surface area contributed by atoms with E-state index in [1.165, 1.54) is 12.1 Å². The molecule has 0 atom stereocenters. The van der Waals surface area contributed by atoms with Gasteiger partial charge in [-0.1, -0.05) is 42.5 Å². The van der Waals surface area contributed by atoms with Gasteiger partial charge >= 0.3 is 0 Å². The topological polar surface area (TPSA) is 92.4 Å². The average Bonchev–Trinajstić information content (AvgIpc) is 3.60. The summed E-state index contributed by atoms with van der Waals surface area (Å²) in [6.07, 6.45) is 5.17. The molecule has 8 heteroatoms. The minimum absolute atomic E-state index is 0.285. The SMILES string of the molecule is Fc1cccc(-c2ccnc3[nH]c(-c4n[nH]c5ccc(-c6cncc(OCc7ccccc7)c6)nc45)cc23)c1. The van der Waals surface area contributed by atoms with E-state index in [-0.39, 0.29) is 5.82 Å². The maximum Gasteiger partial charge on any atom is 0.138 e. The summed E-state index contributed by atoms with van der Waals surface area (Å²) in [5, 5.41) is 8.49. The summed E-state index contributed by atoms with van der Waals surface area (Å²) >= 11 is 0. The lowest BCUT2D eigenvalue weighted by molar-refractivity contribution is 0.305. The molecule has 188 valence electrons. The first-order valence-electron chi connectivity index (χ1n) is 12.4. The van der Waals surface area contributed by atoms with Crippen molar-refractivity contribution < 1.29 is 9.13 Å². The van der Waals surface area contributed by atoms with Crippen LogP contribution in [0.3, 0.4) is 0 Å². The first-order valence-corrected chi connectivity index (χ1v) is 12.4. The number of H-pyrrole nitrogens is 2. The molecule has 0 bridgehead atoms. The number of aromatic nitrogens is 6. The van der Waals surface area contributed by atoms with Crippen molar-refractivity contribution >= 4 is 22.1 Å². The number of benzene rings is 2. The Labute approximate surface area is 222 Å². The predicted molar refractivity (Wildman–Crippen MR) is 148 cm³/mol. The van der Waals surface area contributed by atoms with Crippen molar-refractivity contribution in [3.05, 3.63) is 115 Å². The summed E-state index contributed by atoms with van der Waals surface area (Å²) in [6.45, 7) is 0.455. The smallest absolute Gasteiger partial charge is 0.138 e. The van der Waals surface area contributed by atoms with Gasteiger partial charge in [-0.2, -0.15) is 5.10 Å². The second-order valence-corrected chi connectivity index (χ2v) is 9.16. The van der Waals surface area contributed by atoms with E-state index in [0.717, 1.165) is 44.5 Å². The molecule has 7 aromatic rings. The van der Waals surface area contributed by atoms with Crippen LogP contribution in [-0.2, 0) is 6.61 Å². The van der Waals surface area contributed by atoms with Crippen molar-refractivity contribution in [2.75, 3.05) is 0 Å². The van der Waals surface area contributed by atoms with Gasteiger partial charge in [-0.25, -0.2) is 14.4 Å². The normalized spacial score (nSPS) is 11.3. The Morgan fingerprint density at radius 1 is 0.846 bits per heavy atom. The van der Waals surface area contributed by atoms with Gasteiger partial charge in [0.1, 0.15) is 35.0 Å². The van der Waals surface area contributed by atoms with Crippen LogP contribution in [0.2, 0.25) is 0 Å². The third-order valence-corrected chi connectivity index (χ3v) is 6.59. The minimum Gasteiger partial charge on any atom is -0.487 e. The number of hydrogen-bond donors (Lipinski definition) is 2. The third kappa shape index (κ3) is 4.38. The molecule has 2 N–H and O–H groups in total. The fraction of sp³-hybridized carbons (Fsp3) is 0.0323. The monoisotopic (exact) mass is 512 g/mol. The Hall–Kier alpha value is -5.37. The molecule has 5 heterocycles. The van der Waals surface area contributed by atoms with Crippen LogP contribution in [-0.4, -0.2) is 30.1 Å². The fourth-order valence-corrected chi connectivity index (χ4v) is 4.69. The summed E-state index contributed by atoms with van der Waals surface area (Å²) in [6, 6.07) is 26.2. The summed E-state index contributed by atoms with van der Waals surface area (Å²) in [5.41, 5.74) is 7.95. The number of aromatic amines is 2. The van der Waals surface area contributed by atoms with E-state index in [9.17, 15) is 4.39 Å². The van der Waals surface area contributed by atoms with Crippen LogP contribution in [0.4, 0.5) is 4.39 Å². The van der Waals surface area contributed by atoms with Crippen LogP contribution in [0.1, 0.15) is 5.56 Å². The molecule has 0 fully saturated rings. The molecular formula is C31H21FN6O. The summed E-state index contributed by atoms with van der Waals surface area (Å²) in [4.78, 5) is 17.1. The molecule has 0 aliphatic carbocycles. The zero-order valence-electron chi connectivity index (χ0n) is 20.6. The van der Waals surface area contributed by atoms with E-state index >= 15 is 0 Å².